The Morgan fingerprint density at radius 2 is 1.41 bits per heavy atom. The Bertz CT molecular complexity index is 1040. The first-order valence-electron chi connectivity index (χ1n) is 13.6. The molecular weight excluding hydrogens is 510 g/mol. The second-order valence-electron chi connectivity index (χ2n) is 13.5. The molecule has 11 heteroatoms. The molecule has 8 saturated carbocycles. The summed E-state index contributed by atoms with van der Waals surface area (Å²) in [6.45, 7) is 2.04. The molecule has 0 aliphatic heterocycles. The number of hydrogen-bond acceptors (Lipinski definition) is 7. The Balaban J connectivity index is 1.07. The van der Waals surface area contributed by atoms with Crippen molar-refractivity contribution in [1.82, 2.24) is 0 Å². The number of hydrogen-bond donors (Lipinski definition) is 1. The van der Waals surface area contributed by atoms with Crippen LogP contribution in [0, 0.1) is 46.3 Å². The smallest absolute Gasteiger partial charge is 0.453 e. The van der Waals surface area contributed by atoms with Gasteiger partial charge in [0.1, 0.15) is 5.60 Å². The number of carbonyl (C=O) groups excluding carboxylic acids is 2. The van der Waals surface area contributed by atoms with E-state index < -0.39 is 32.4 Å². The van der Waals surface area contributed by atoms with Crippen LogP contribution in [0.3, 0.4) is 0 Å². The van der Waals surface area contributed by atoms with Gasteiger partial charge in [-0.3, -0.25) is 9.35 Å². The minimum Gasteiger partial charge on any atom is -0.453 e. The highest BCUT2D eigenvalue weighted by Crippen LogP contribution is 2.65. The van der Waals surface area contributed by atoms with E-state index in [0.29, 0.717) is 38.7 Å². The van der Waals surface area contributed by atoms with Gasteiger partial charge in [-0.05, 0) is 107 Å². The predicted octanol–water partition coefficient (Wildman–Crippen LogP) is 4.33. The average Bonchev–Trinajstić information content (AvgIpc) is 2.78. The zero-order valence-corrected chi connectivity index (χ0v) is 21.9. The summed E-state index contributed by atoms with van der Waals surface area (Å²) in [5.41, 5.74) is -1.91. The fraction of sp³-hybridized carbons (Fsp3) is 0.923. The lowest BCUT2D eigenvalue weighted by Crippen LogP contribution is -2.64. The standard InChI is InChI=1S/C26H36F2O8S/c1-23(36-22(30)26(27,28)37(31,32)33)19-5-18-6-20(23)12-25(10-18,11-19)21(29)35-14-34-13-24-7-15-2-16(8-24)4-17(3-15)9-24/h15-20H,2-14H2,1H3,(H,31,32,33). The molecule has 1 N–H and O–H groups in total. The molecule has 0 aromatic carbocycles. The molecule has 0 spiro atoms. The Kier molecular flexibility index (Phi) is 5.84. The highest BCUT2D eigenvalue weighted by atomic mass is 32.2. The first-order valence-corrected chi connectivity index (χ1v) is 15.0. The number of esters is 2. The zero-order valence-electron chi connectivity index (χ0n) is 21.1. The molecule has 8 rings (SSSR count). The number of rotatable bonds is 8. The second-order valence-corrected chi connectivity index (χ2v) is 15.0. The predicted molar refractivity (Wildman–Crippen MR) is 124 cm³/mol. The van der Waals surface area contributed by atoms with Gasteiger partial charge in [0, 0.05) is 11.8 Å². The molecule has 2 unspecified atom stereocenters. The molecule has 0 aromatic heterocycles. The highest BCUT2D eigenvalue weighted by Gasteiger charge is 2.67. The van der Waals surface area contributed by atoms with Crippen molar-refractivity contribution in [2.75, 3.05) is 13.4 Å². The van der Waals surface area contributed by atoms with Gasteiger partial charge in [0.2, 0.25) is 0 Å². The SMILES string of the molecule is CC1(OC(=O)C(F)(F)S(=O)(=O)O)C2CC3CC1CC(C(=O)OCOCC14CC5CC(CC(C5)C1)C4)(C3)C2. The van der Waals surface area contributed by atoms with E-state index in [1.807, 2.05) is 0 Å². The van der Waals surface area contributed by atoms with Crippen LogP contribution in [-0.2, 0) is 33.9 Å². The lowest BCUT2D eigenvalue weighted by Gasteiger charge is -2.62. The van der Waals surface area contributed by atoms with E-state index in [2.05, 4.69) is 0 Å². The van der Waals surface area contributed by atoms with E-state index in [9.17, 15) is 26.8 Å². The lowest BCUT2D eigenvalue weighted by molar-refractivity contribution is -0.235. The molecule has 208 valence electrons. The van der Waals surface area contributed by atoms with Crippen LogP contribution in [-0.4, -0.2) is 49.2 Å². The van der Waals surface area contributed by atoms with E-state index in [0.717, 1.165) is 17.8 Å². The monoisotopic (exact) mass is 546 g/mol. The summed E-state index contributed by atoms with van der Waals surface area (Å²) in [6.07, 6.45) is 10.1. The summed E-state index contributed by atoms with van der Waals surface area (Å²) in [6, 6.07) is 0. The number of carbonyl (C=O) groups is 2. The fourth-order valence-electron chi connectivity index (χ4n) is 9.94. The van der Waals surface area contributed by atoms with Crippen molar-refractivity contribution < 1.29 is 45.6 Å². The average molecular weight is 547 g/mol. The van der Waals surface area contributed by atoms with Crippen molar-refractivity contribution in [3.8, 4) is 0 Å². The molecule has 37 heavy (non-hydrogen) atoms. The number of ether oxygens (including phenoxy) is 3. The molecule has 0 radical (unpaired) electrons. The molecule has 0 heterocycles. The van der Waals surface area contributed by atoms with E-state index in [4.69, 9.17) is 18.8 Å². The maximum Gasteiger partial charge on any atom is 0.465 e. The third kappa shape index (κ3) is 4.13. The minimum absolute atomic E-state index is 0.102. The van der Waals surface area contributed by atoms with Crippen LogP contribution in [0.1, 0.15) is 77.6 Å². The maximum atomic E-state index is 13.9. The number of alkyl halides is 2. The molecular formula is C26H36F2O8S. The van der Waals surface area contributed by atoms with Crippen LogP contribution in [0.5, 0.6) is 0 Å². The Labute approximate surface area is 215 Å². The lowest BCUT2D eigenvalue weighted by atomic mass is 9.45. The zero-order chi connectivity index (χ0) is 26.4. The van der Waals surface area contributed by atoms with Crippen LogP contribution >= 0.6 is 0 Å². The van der Waals surface area contributed by atoms with Crippen molar-refractivity contribution in [2.24, 2.45) is 46.3 Å². The van der Waals surface area contributed by atoms with Gasteiger partial charge in [-0.15, -0.1) is 0 Å². The van der Waals surface area contributed by atoms with Gasteiger partial charge < -0.3 is 14.2 Å². The molecule has 0 amide bonds. The van der Waals surface area contributed by atoms with Crippen molar-refractivity contribution in [1.29, 1.82) is 0 Å². The van der Waals surface area contributed by atoms with E-state index in [1.165, 1.54) is 45.4 Å². The summed E-state index contributed by atoms with van der Waals surface area (Å²) in [7, 11) is -5.95. The summed E-state index contributed by atoms with van der Waals surface area (Å²) >= 11 is 0. The topological polar surface area (TPSA) is 116 Å². The molecule has 8 bridgehead atoms. The first-order chi connectivity index (χ1) is 17.2. The summed E-state index contributed by atoms with van der Waals surface area (Å²) < 4.78 is 75.4. The van der Waals surface area contributed by atoms with Gasteiger partial charge in [0.15, 0.2) is 6.79 Å². The van der Waals surface area contributed by atoms with Gasteiger partial charge in [-0.1, -0.05) is 0 Å². The fourth-order valence-corrected chi connectivity index (χ4v) is 10.2. The van der Waals surface area contributed by atoms with Crippen molar-refractivity contribution in [3.63, 3.8) is 0 Å². The first kappa shape index (κ1) is 25.9. The Morgan fingerprint density at radius 3 is 1.92 bits per heavy atom. The van der Waals surface area contributed by atoms with Crippen LogP contribution in [0.4, 0.5) is 8.78 Å². The van der Waals surface area contributed by atoms with Gasteiger partial charge in [-0.2, -0.15) is 17.2 Å². The third-order valence-corrected chi connectivity index (χ3v) is 11.8. The second kappa shape index (κ2) is 8.34. The van der Waals surface area contributed by atoms with E-state index >= 15 is 0 Å². The quantitative estimate of drug-likeness (QED) is 0.207. The maximum absolute atomic E-state index is 13.9. The van der Waals surface area contributed by atoms with Crippen molar-refractivity contribution in [3.05, 3.63) is 0 Å². The van der Waals surface area contributed by atoms with Crippen molar-refractivity contribution in [2.45, 2.75) is 88.4 Å². The van der Waals surface area contributed by atoms with E-state index in [1.54, 1.807) is 0 Å². The Morgan fingerprint density at radius 1 is 0.892 bits per heavy atom. The van der Waals surface area contributed by atoms with Gasteiger partial charge in [0.05, 0.1) is 12.0 Å². The van der Waals surface area contributed by atoms with Crippen LogP contribution in [0.2, 0.25) is 0 Å². The molecule has 8 aliphatic carbocycles. The van der Waals surface area contributed by atoms with Crippen molar-refractivity contribution >= 4 is 22.1 Å². The largest absolute Gasteiger partial charge is 0.465 e. The molecule has 2 atom stereocenters. The molecule has 8 aliphatic rings. The van der Waals surface area contributed by atoms with Crippen LogP contribution < -0.4 is 0 Å². The van der Waals surface area contributed by atoms with Crippen LogP contribution in [0.25, 0.3) is 0 Å². The highest BCUT2D eigenvalue weighted by molar-refractivity contribution is 7.87. The molecule has 0 aromatic rings. The summed E-state index contributed by atoms with van der Waals surface area (Å²) in [5, 5.41) is -5.05. The Hall–Kier alpha value is -1.33. The van der Waals surface area contributed by atoms with Crippen LogP contribution in [0.15, 0.2) is 0 Å². The molecule has 0 saturated heterocycles. The van der Waals surface area contributed by atoms with Gasteiger partial charge in [-0.25, -0.2) is 4.79 Å². The number of halogens is 2. The third-order valence-electron chi connectivity index (χ3n) is 11.0. The normalized spacial score (nSPS) is 45.7. The summed E-state index contributed by atoms with van der Waals surface area (Å²) in [4.78, 5) is 25.4. The minimum atomic E-state index is -5.95. The summed E-state index contributed by atoms with van der Waals surface area (Å²) in [5.74, 6) is -0.804. The molecule has 8 fully saturated rings. The van der Waals surface area contributed by atoms with E-state index in [-0.39, 0.29) is 35.9 Å². The van der Waals surface area contributed by atoms with Gasteiger partial charge >= 0.3 is 27.3 Å². The molecule has 8 nitrogen and oxygen atoms in total. The van der Waals surface area contributed by atoms with Gasteiger partial charge in [0.25, 0.3) is 0 Å².